The van der Waals surface area contributed by atoms with Gasteiger partial charge in [0.25, 0.3) is 5.91 Å². The number of thioether (sulfide) groups is 1. The molecule has 39 heavy (non-hydrogen) atoms. The number of aromatic nitrogens is 3. The highest BCUT2D eigenvalue weighted by atomic mass is 32.2. The molecule has 5 rings (SSSR count). The zero-order valence-electron chi connectivity index (χ0n) is 21.6. The third-order valence-electron chi connectivity index (χ3n) is 5.81. The van der Waals surface area contributed by atoms with E-state index in [9.17, 15) is 4.79 Å². The first-order valence-electron chi connectivity index (χ1n) is 12.4. The Morgan fingerprint density at radius 3 is 2.31 bits per heavy atom. The number of hydrazone groups is 1. The van der Waals surface area contributed by atoms with Crippen LogP contribution in [0.15, 0.2) is 113 Å². The molecule has 8 heteroatoms. The predicted octanol–water partition coefficient (Wildman–Crippen LogP) is 6.59. The van der Waals surface area contributed by atoms with Gasteiger partial charge in [-0.2, -0.15) is 5.10 Å². The van der Waals surface area contributed by atoms with Crippen molar-refractivity contribution in [2.45, 2.75) is 19.0 Å². The molecular formula is C31H27N5O2S. The lowest BCUT2D eigenvalue weighted by Crippen LogP contribution is -2.20. The van der Waals surface area contributed by atoms with Crippen molar-refractivity contribution >= 4 is 23.9 Å². The molecule has 0 unspecified atom stereocenters. The van der Waals surface area contributed by atoms with E-state index in [2.05, 4.69) is 20.7 Å². The van der Waals surface area contributed by atoms with Crippen LogP contribution >= 0.6 is 11.8 Å². The van der Waals surface area contributed by atoms with Gasteiger partial charge in [0.1, 0.15) is 11.5 Å². The number of carbonyl (C=O) groups excluding carboxylic acids is 1. The molecule has 1 N–H and O–H groups in total. The Bertz CT molecular complexity index is 1580. The summed E-state index contributed by atoms with van der Waals surface area (Å²) in [5.74, 6) is 2.04. The van der Waals surface area contributed by atoms with Gasteiger partial charge in [0.05, 0.1) is 12.0 Å². The highest BCUT2D eigenvalue weighted by Gasteiger charge is 2.17. The van der Waals surface area contributed by atoms with Gasteiger partial charge in [-0.3, -0.25) is 9.36 Å². The van der Waals surface area contributed by atoms with E-state index in [1.54, 1.807) is 6.21 Å². The van der Waals surface area contributed by atoms with E-state index in [4.69, 9.17) is 4.74 Å². The summed E-state index contributed by atoms with van der Waals surface area (Å²) in [7, 11) is 0. The van der Waals surface area contributed by atoms with Crippen LogP contribution in [-0.2, 0) is 4.79 Å². The number of rotatable bonds is 9. The molecule has 1 aromatic heterocycles. The highest BCUT2D eigenvalue weighted by Crippen LogP contribution is 2.28. The number of benzene rings is 4. The lowest BCUT2D eigenvalue weighted by atomic mass is 10.1. The predicted molar refractivity (Wildman–Crippen MR) is 156 cm³/mol. The van der Waals surface area contributed by atoms with Gasteiger partial charge in [-0.15, -0.1) is 10.2 Å². The van der Waals surface area contributed by atoms with Gasteiger partial charge in [0, 0.05) is 11.3 Å². The average Bonchev–Trinajstić information content (AvgIpc) is 3.37. The molecule has 0 saturated carbocycles. The van der Waals surface area contributed by atoms with Gasteiger partial charge in [-0.1, -0.05) is 89.6 Å². The zero-order chi connectivity index (χ0) is 27.0. The topological polar surface area (TPSA) is 81.4 Å². The van der Waals surface area contributed by atoms with E-state index >= 15 is 0 Å². The highest BCUT2D eigenvalue weighted by molar-refractivity contribution is 7.99. The summed E-state index contributed by atoms with van der Waals surface area (Å²) in [6.07, 6.45) is 1.59. The van der Waals surface area contributed by atoms with Crippen LogP contribution in [0.3, 0.4) is 0 Å². The van der Waals surface area contributed by atoms with Crippen LogP contribution in [-0.4, -0.2) is 32.6 Å². The maximum absolute atomic E-state index is 12.6. The van der Waals surface area contributed by atoms with Gasteiger partial charge in [0.15, 0.2) is 11.0 Å². The van der Waals surface area contributed by atoms with Gasteiger partial charge >= 0.3 is 0 Å². The minimum absolute atomic E-state index is 0.131. The molecule has 0 fully saturated rings. The Morgan fingerprint density at radius 2 is 1.56 bits per heavy atom. The molecule has 0 bridgehead atoms. The van der Waals surface area contributed by atoms with E-state index in [0.717, 1.165) is 34.0 Å². The second-order valence-corrected chi connectivity index (χ2v) is 9.86. The van der Waals surface area contributed by atoms with Gasteiger partial charge in [-0.05, 0) is 55.8 Å². The molecule has 0 aliphatic carbocycles. The zero-order valence-corrected chi connectivity index (χ0v) is 22.4. The minimum atomic E-state index is -0.247. The Hall–Kier alpha value is -4.69. The third-order valence-corrected chi connectivity index (χ3v) is 6.74. The van der Waals surface area contributed by atoms with Crippen molar-refractivity contribution in [3.8, 4) is 28.6 Å². The fourth-order valence-corrected chi connectivity index (χ4v) is 4.55. The Kier molecular flexibility index (Phi) is 8.14. The lowest BCUT2D eigenvalue weighted by molar-refractivity contribution is -0.118. The maximum atomic E-state index is 12.6. The number of hydrogen-bond donors (Lipinski definition) is 1. The van der Waals surface area contributed by atoms with Crippen molar-refractivity contribution in [2.75, 3.05) is 5.75 Å². The number of ether oxygens (including phenoxy) is 1. The van der Waals surface area contributed by atoms with Gasteiger partial charge in [0.2, 0.25) is 0 Å². The van der Waals surface area contributed by atoms with Gasteiger partial charge in [-0.25, -0.2) is 5.43 Å². The van der Waals surface area contributed by atoms with Crippen LogP contribution in [0, 0.1) is 13.8 Å². The quantitative estimate of drug-likeness (QED) is 0.131. The van der Waals surface area contributed by atoms with Crippen LogP contribution in [0.25, 0.3) is 17.1 Å². The summed E-state index contributed by atoms with van der Waals surface area (Å²) < 4.78 is 7.84. The number of nitrogens with one attached hydrogen (secondary N) is 1. The molecule has 4 aromatic carbocycles. The molecule has 7 nitrogen and oxygen atoms in total. The van der Waals surface area contributed by atoms with E-state index in [1.807, 2.05) is 122 Å². The maximum Gasteiger partial charge on any atom is 0.250 e. The molecule has 0 aliphatic rings. The standard InChI is InChI=1S/C31H27N5O2S/c1-22-11-15-25(16-12-22)30-34-35-31(36(30)26-17-13-23(2)14-18-26)39-21-29(37)33-32-20-24-7-6-10-28(19-24)38-27-8-4-3-5-9-27/h3-20H,21H2,1-2H3,(H,33,37). The Balaban J connectivity index is 1.25. The monoisotopic (exact) mass is 533 g/mol. The molecule has 194 valence electrons. The summed E-state index contributed by atoms with van der Waals surface area (Å²) in [4.78, 5) is 12.6. The first-order valence-corrected chi connectivity index (χ1v) is 13.4. The normalized spacial score (nSPS) is 11.0. The van der Waals surface area contributed by atoms with Crippen molar-refractivity contribution in [3.63, 3.8) is 0 Å². The van der Waals surface area contributed by atoms with Crippen LogP contribution < -0.4 is 10.2 Å². The minimum Gasteiger partial charge on any atom is -0.457 e. The first-order chi connectivity index (χ1) is 19.0. The van der Waals surface area contributed by atoms with Crippen molar-refractivity contribution in [2.24, 2.45) is 5.10 Å². The second kappa shape index (κ2) is 12.2. The molecule has 1 heterocycles. The summed E-state index contributed by atoms with van der Waals surface area (Å²) in [6, 6.07) is 33.3. The number of para-hydroxylation sites is 1. The lowest BCUT2D eigenvalue weighted by Gasteiger charge is -2.11. The molecule has 5 aromatic rings. The van der Waals surface area contributed by atoms with E-state index in [1.165, 1.54) is 17.3 Å². The number of hydrogen-bond acceptors (Lipinski definition) is 6. The van der Waals surface area contributed by atoms with E-state index < -0.39 is 0 Å². The number of nitrogens with zero attached hydrogens (tertiary/aromatic N) is 4. The number of carbonyl (C=O) groups is 1. The Labute approximate surface area is 231 Å². The second-order valence-electron chi connectivity index (χ2n) is 8.91. The third kappa shape index (κ3) is 6.80. The first kappa shape index (κ1) is 25.9. The van der Waals surface area contributed by atoms with E-state index in [-0.39, 0.29) is 11.7 Å². The smallest absolute Gasteiger partial charge is 0.250 e. The molecule has 0 radical (unpaired) electrons. The fraction of sp³-hybridized carbons (Fsp3) is 0.0968. The molecule has 0 aliphatic heterocycles. The van der Waals surface area contributed by atoms with Gasteiger partial charge < -0.3 is 4.74 Å². The van der Waals surface area contributed by atoms with Crippen molar-refractivity contribution in [1.82, 2.24) is 20.2 Å². The molecular weight excluding hydrogens is 506 g/mol. The number of amides is 1. The van der Waals surface area contributed by atoms with Crippen molar-refractivity contribution in [3.05, 3.63) is 120 Å². The molecule has 0 atom stereocenters. The van der Waals surface area contributed by atoms with E-state index in [0.29, 0.717) is 10.9 Å². The van der Waals surface area contributed by atoms with Crippen LogP contribution in [0.2, 0.25) is 0 Å². The SMILES string of the molecule is Cc1ccc(-c2nnc(SCC(=O)NN=Cc3cccc(Oc4ccccc4)c3)n2-c2ccc(C)cc2)cc1. The average molecular weight is 534 g/mol. The molecule has 0 spiro atoms. The van der Waals surface area contributed by atoms with Crippen molar-refractivity contribution in [1.29, 1.82) is 0 Å². The van der Waals surface area contributed by atoms with Crippen LogP contribution in [0.5, 0.6) is 11.5 Å². The number of aryl methyl sites for hydroxylation is 2. The summed E-state index contributed by atoms with van der Waals surface area (Å²) >= 11 is 1.31. The summed E-state index contributed by atoms with van der Waals surface area (Å²) in [6.45, 7) is 4.09. The molecule has 1 amide bonds. The van der Waals surface area contributed by atoms with Crippen LogP contribution in [0.1, 0.15) is 16.7 Å². The summed E-state index contributed by atoms with van der Waals surface area (Å²) in [5.41, 5.74) is 7.61. The molecule has 0 saturated heterocycles. The summed E-state index contributed by atoms with van der Waals surface area (Å²) in [5, 5.41) is 13.6. The largest absolute Gasteiger partial charge is 0.457 e. The van der Waals surface area contributed by atoms with Crippen molar-refractivity contribution < 1.29 is 9.53 Å². The Morgan fingerprint density at radius 1 is 0.872 bits per heavy atom. The fourth-order valence-electron chi connectivity index (χ4n) is 3.80. The van der Waals surface area contributed by atoms with Crippen LogP contribution in [0.4, 0.5) is 0 Å².